The molecule has 2 heterocycles. The number of methoxy groups -OCH3 is 1. The van der Waals surface area contributed by atoms with E-state index in [-0.39, 0.29) is 5.60 Å². The second kappa shape index (κ2) is 5.96. The van der Waals surface area contributed by atoms with Gasteiger partial charge in [0.1, 0.15) is 0 Å². The molecular weight excluding hydrogens is 206 g/mol. The molecule has 2 aliphatic heterocycles. The Labute approximate surface area is 97.6 Å². The lowest BCUT2D eigenvalue weighted by atomic mass is 9.89. The first-order chi connectivity index (χ1) is 7.85. The molecule has 1 N–H and O–H groups in total. The summed E-state index contributed by atoms with van der Waals surface area (Å²) in [7, 11) is 1.75. The second-order valence-electron chi connectivity index (χ2n) is 4.82. The first-order valence-corrected chi connectivity index (χ1v) is 6.29. The van der Waals surface area contributed by atoms with Crippen molar-refractivity contribution in [2.45, 2.75) is 37.3 Å². The minimum absolute atomic E-state index is 0.0250. The number of nitrogens with one attached hydrogen (secondary N) is 1. The standard InChI is InChI=1S/C12H23NO3/c1-14-6-2-5-13-11-3-7-16-12(9-11)4-8-15-10-12/h11,13H,2-10H2,1H3. The third kappa shape index (κ3) is 3.17. The molecule has 0 saturated carbocycles. The van der Waals surface area contributed by atoms with Crippen molar-refractivity contribution in [3.63, 3.8) is 0 Å². The molecule has 4 heteroatoms. The third-order valence-corrected chi connectivity index (χ3v) is 3.52. The highest BCUT2D eigenvalue weighted by atomic mass is 16.6. The topological polar surface area (TPSA) is 39.7 Å². The van der Waals surface area contributed by atoms with E-state index in [0.29, 0.717) is 6.04 Å². The van der Waals surface area contributed by atoms with Gasteiger partial charge >= 0.3 is 0 Å². The van der Waals surface area contributed by atoms with Crippen molar-refractivity contribution in [2.24, 2.45) is 0 Å². The summed E-state index contributed by atoms with van der Waals surface area (Å²) in [6.07, 6.45) is 4.36. The van der Waals surface area contributed by atoms with Crippen LogP contribution in [0, 0.1) is 0 Å². The van der Waals surface area contributed by atoms with Crippen LogP contribution < -0.4 is 5.32 Å². The summed E-state index contributed by atoms with van der Waals surface area (Å²) in [6, 6.07) is 0.590. The molecule has 0 radical (unpaired) electrons. The van der Waals surface area contributed by atoms with Crippen molar-refractivity contribution in [3.05, 3.63) is 0 Å². The fraction of sp³-hybridized carbons (Fsp3) is 1.00. The smallest absolute Gasteiger partial charge is 0.0951 e. The SMILES string of the molecule is COCCCNC1CCOC2(CCOC2)C1. The Morgan fingerprint density at radius 3 is 3.12 bits per heavy atom. The minimum atomic E-state index is 0.0250. The molecule has 2 saturated heterocycles. The largest absolute Gasteiger partial charge is 0.385 e. The Morgan fingerprint density at radius 1 is 1.44 bits per heavy atom. The first kappa shape index (κ1) is 12.3. The van der Waals surface area contributed by atoms with Crippen LogP contribution in [0.2, 0.25) is 0 Å². The Hall–Kier alpha value is -0.160. The van der Waals surface area contributed by atoms with Gasteiger partial charge in [-0.25, -0.2) is 0 Å². The van der Waals surface area contributed by atoms with Gasteiger partial charge in [-0.3, -0.25) is 0 Å². The summed E-state index contributed by atoms with van der Waals surface area (Å²) in [6.45, 7) is 4.38. The van der Waals surface area contributed by atoms with Crippen molar-refractivity contribution < 1.29 is 14.2 Å². The molecule has 2 fully saturated rings. The molecule has 0 aromatic rings. The highest BCUT2D eigenvalue weighted by Crippen LogP contribution is 2.32. The van der Waals surface area contributed by atoms with Crippen LogP contribution in [-0.4, -0.2) is 51.7 Å². The average molecular weight is 229 g/mol. The van der Waals surface area contributed by atoms with Gasteiger partial charge in [0.05, 0.1) is 12.2 Å². The van der Waals surface area contributed by atoms with Gasteiger partial charge in [0.2, 0.25) is 0 Å². The average Bonchev–Trinajstić information content (AvgIpc) is 2.73. The first-order valence-electron chi connectivity index (χ1n) is 6.29. The van der Waals surface area contributed by atoms with Crippen LogP contribution in [0.25, 0.3) is 0 Å². The van der Waals surface area contributed by atoms with E-state index in [2.05, 4.69) is 5.32 Å². The molecule has 2 unspecified atom stereocenters. The van der Waals surface area contributed by atoms with Gasteiger partial charge in [-0.15, -0.1) is 0 Å². The summed E-state index contributed by atoms with van der Waals surface area (Å²) in [5.41, 5.74) is 0.0250. The highest BCUT2D eigenvalue weighted by Gasteiger charge is 2.40. The predicted molar refractivity (Wildman–Crippen MR) is 61.6 cm³/mol. The predicted octanol–water partition coefficient (Wildman–Crippen LogP) is 0.951. The van der Waals surface area contributed by atoms with E-state index in [4.69, 9.17) is 14.2 Å². The quantitative estimate of drug-likeness (QED) is 0.713. The van der Waals surface area contributed by atoms with Crippen LogP contribution in [0.5, 0.6) is 0 Å². The van der Waals surface area contributed by atoms with Gasteiger partial charge in [-0.2, -0.15) is 0 Å². The van der Waals surface area contributed by atoms with Gasteiger partial charge in [-0.05, 0) is 25.8 Å². The van der Waals surface area contributed by atoms with Gasteiger partial charge in [-0.1, -0.05) is 0 Å². The number of hydrogen-bond donors (Lipinski definition) is 1. The maximum absolute atomic E-state index is 5.89. The Kier molecular flexibility index (Phi) is 4.58. The number of rotatable bonds is 5. The molecule has 0 amide bonds. The Morgan fingerprint density at radius 2 is 2.38 bits per heavy atom. The second-order valence-corrected chi connectivity index (χ2v) is 4.82. The van der Waals surface area contributed by atoms with E-state index in [1.54, 1.807) is 7.11 Å². The lowest BCUT2D eigenvalue weighted by Gasteiger charge is -2.37. The van der Waals surface area contributed by atoms with E-state index in [1.807, 2.05) is 0 Å². The molecule has 1 spiro atoms. The molecule has 0 aromatic carbocycles. The molecule has 94 valence electrons. The molecule has 2 aliphatic rings. The molecule has 0 aliphatic carbocycles. The zero-order chi connectivity index (χ0) is 11.3. The molecule has 0 aromatic heterocycles. The Balaban J connectivity index is 1.70. The third-order valence-electron chi connectivity index (χ3n) is 3.52. The zero-order valence-corrected chi connectivity index (χ0v) is 10.2. The van der Waals surface area contributed by atoms with E-state index in [0.717, 1.165) is 58.7 Å². The maximum Gasteiger partial charge on any atom is 0.0951 e. The summed E-state index contributed by atoms with van der Waals surface area (Å²) in [5.74, 6) is 0. The Bertz CT molecular complexity index is 204. The van der Waals surface area contributed by atoms with Crippen LogP contribution in [0.4, 0.5) is 0 Å². The summed E-state index contributed by atoms with van der Waals surface area (Å²) in [4.78, 5) is 0. The van der Waals surface area contributed by atoms with Crippen molar-refractivity contribution in [3.8, 4) is 0 Å². The zero-order valence-electron chi connectivity index (χ0n) is 10.2. The van der Waals surface area contributed by atoms with Crippen LogP contribution >= 0.6 is 0 Å². The molecular formula is C12H23NO3. The highest BCUT2D eigenvalue weighted by molar-refractivity contribution is 4.92. The van der Waals surface area contributed by atoms with Crippen molar-refractivity contribution in [1.29, 1.82) is 0 Å². The van der Waals surface area contributed by atoms with Crippen molar-refractivity contribution in [2.75, 3.05) is 40.1 Å². The van der Waals surface area contributed by atoms with Gasteiger partial charge in [0.25, 0.3) is 0 Å². The van der Waals surface area contributed by atoms with Crippen LogP contribution in [0.1, 0.15) is 25.7 Å². The molecule has 2 atom stereocenters. The van der Waals surface area contributed by atoms with Gasteiger partial charge in [0, 0.05) is 39.4 Å². The van der Waals surface area contributed by atoms with Crippen LogP contribution in [0.3, 0.4) is 0 Å². The number of hydrogen-bond acceptors (Lipinski definition) is 4. The fourth-order valence-electron chi connectivity index (χ4n) is 2.59. The molecule has 16 heavy (non-hydrogen) atoms. The lowest BCUT2D eigenvalue weighted by Crippen LogP contribution is -2.47. The lowest BCUT2D eigenvalue weighted by molar-refractivity contribution is -0.0893. The number of ether oxygens (including phenoxy) is 3. The fourth-order valence-corrected chi connectivity index (χ4v) is 2.59. The monoisotopic (exact) mass is 229 g/mol. The van der Waals surface area contributed by atoms with Crippen molar-refractivity contribution in [1.82, 2.24) is 5.32 Å². The molecule has 2 rings (SSSR count). The van der Waals surface area contributed by atoms with Gasteiger partial charge in [0.15, 0.2) is 0 Å². The summed E-state index contributed by atoms with van der Waals surface area (Å²) < 4.78 is 16.4. The van der Waals surface area contributed by atoms with E-state index < -0.39 is 0 Å². The van der Waals surface area contributed by atoms with E-state index >= 15 is 0 Å². The maximum atomic E-state index is 5.89. The molecule has 0 bridgehead atoms. The minimum Gasteiger partial charge on any atom is -0.385 e. The molecule has 4 nitrogen and oxygen atoms in total. The van der Waals surface area contributed by atoms with E-state index in [1.165, 1.54) is 0 Å². The van der Waals surface area contributed by atoms with Gasteiger partial charge < -0.3 is 19.5 Å². The van der Waals surface area contributed by atoms with Crippen LogP contribution in [0.15, 0.2) is 0 Å². The van der Waals surface area contributed by atoms with E-state index in [9.17, 15) is 0 Å². The van der Waals surface area contributed by atoms with Crippen LogP contribution in [-0.2, 0) is 14.2 Å². The summed E-state index contributed by atoms with van der Waals surface area (Å²) >= 11 is 0. The normalized spacial score (nSPS) is 34.7. The van der Waals surface area contributed by atoms with Crippen molar-refractivity contribution >= 4 is 0 Å². The summed E-state index contributed by atoms with van der Waals surface area (Å²) in [5, 5.41) is 3.59.